The van der Waals surface area contributed by atoms with Gasteiger partial charge in [-0.1, -0.05) is 53.6 Å². The van der Waals surface area contributed by atoms with E-state index in [1.54, 1.807) is 0 Å². The molecule has 0 heterocycles. The Morgan fingerprint density at radius 2 is 1.57 bits per heavy atom. The fourth-order valence-electron chi connectivity index (χ4n) is 3.64. The van der Waals surface area contributed by atoms with Gasteiger partial charge in [0.2, 0.25) is 0 Å². The van der Waals surface area contributed by atoms with Gasteiger partial charge in [0.1, 0.15) is 5.75 Å². The van der Waals surface area contributed by atoms with E-state index in [4.69, 9.17) is 0 Å². The van der Waals surface area contributed by atoms with Crippen molar-refractivity contribution >= 4 is 19.2 Å². The van der Waals surface area contributed by atoms with Gasteiger partial charge in [0.25, 0.3) is 0 Å². The number of nitrogens with zero attached hydrogens (tertiary/aromatic N) is 1. The SMILES string of the molecule is Cc1cc(C(C)(C)C)cc(Pc2c(C)cccc2CN(C(C)C)C(C)C)c1O. The molecule has 0 aliphatic heterocycles. The minimum absolute atomic E-state index is 0.0678. The average molecular weight is 400 g/mol. The molecule has 154 valence electrons. The first-order valence-electron chi connectivity index (χ1n) is 10.4. The van der Waals surface area contributed by atoms with Crippen molar-refractivity contribution in [2.75, 3.05) is 0 Å². The van der Waals surface area contributed by atoms with E-state index in [1.165, 1.54) is 22.0 Å². The van der Waals surface area contributed by atoms with Gasteiger partial charge in [-0.15, -0.1) is 0 Å². The van der Waals surface area contributed by atoms with Gasteiger partial charge in [-0.25, -0.2) is 0 Å². The lowest BCUT2D eigenvalue weighted by molar-refractivity contribution is 0.166. The van der Waals surface area contributed by atoms with E-state index in [9.17, 15) is 5.11 Å². The van der Waals surface area contributed by atoms with Crippen LogP contribution in [-0.4, -0.2) is 22.1 Å². The fraction of sp³-hybridized carbons (Fsp3) is 0.520. The van der Waals surface area contributed by atoms with Gasteiger partial charge in [0, 0.05) is 23.9 Å². The van der Waals surface area contributed by atoms with Crippen molar-refractivity contribution in [1.82, 2.24) is 4.90 Å². The quantitative estimate of drug-likeness (QED) is 0.643. The van der Waals surface area contributed by atoms with Gasteiger partial charge in [-0.2, -0.15) is 0 Å². The molecule has 1 N–H and O–H groups in total. The van der Waals surface area contributed by atoms with Crippen LogP contribution in [0.5, 0.6) is 5.75 Å². The summed E-state index contributed by atoms with van der Waals surface area (Å²) in [6, 6.07) is 11.9. The fourth-order valence-corrected chi connectivity index (χ4v) is 5.06. The maximum atomic E-state index is 10.8. The summed E-state index contributed by atoms with van der Waals surface area (Å²) in [4.78, 5) is 2.53. The third-order valence-electron chi connectivity index (χ3n) is 5.46. The minimum atomic E-state index is 0.0678. The van der Waals surface area contributed by atoms with Crippen LogP contribution in [0.4, 0.5) is 0 Å². The third-order valence-corrected chi connectivity index (χ3v) is 7.08. The van der Waals surface area contributed by atoms with Gasteiger partial charge in [-0.3, -0.25) is 4.90 Å². The van der Waals surface area contributed by atoms with E-state index >= 15 is 0 Å². The Morgan fingerprint density at radius 1 is 0.964 bits per heavy atom. The number of benzene rings is 2. The second-order valence-corrected chi connectivity index (χ2v) is 10.8. The Morgan fingerprint density at radius 3 is 2.11 bits per heavy atom. The largest absolute Gasteiger partial charge is 0.507 e. The summed E-state index contributed by atoms with van der Waals surface area (Å²) in [5.74, 6) is 0.449. The zero-order valence-electron chi connectivity index (χ0n) is 19.1. The molecule has 2 nitrogen and oxygen atoms in total. The lowest BCUT2D eigenvalue weighted by Crippen LogP contribution is -2.37. The second kappa shape index (κ2) is 8.97. The average Bonchev–Trinajstić information content (AvgIpc) is 2.57. The lowest BCUT2D eigenvalue weighted by Gasteiger charge is -2.31. The molecule has 0 spiro atoms. The van der Waals surface area contributed by atoms with Gasteiger partial charge < -0.3 is 5.11 Å². The topological polar surface area (TPSA) is 23.5 Å². The standard InChI is InChI=1S/C25H38NOP/c1-16(2)26(17(3)4)15-20-12-10-11-18(5)24(20)28-22-14-21(25(7,8)9)13-19(6)23(22)27/h10-14,16-17,27-28H,15H2,1-9H3. The number of phenolic OH excluding ortho intramolecular Hbond substituents is 1. The zero-order chi connectivity index (χ0) is 21.2. The number of hydrogen-bond acceptors (Lipinski definition) is 2. The van der Waals surface area contributed by atoms with Gasteiger partial charge in [0.05, 0.1) is 0 Å². The van der Waals surface area contributed by atoms with E-state index in [0.29, 0.717) is 26.4 Å². The van der Waals surface area contributed by atoms with Gasteiger partial charge in [-0.05, 0) is 80.6 Å². The molecule has 0 radical (unpaired) electrons. The van der Waals surface area contributed by atoms with Crippen LogP contribution in [0, 0.1) is 13.8 Å². The Hall–Kier alpha value is -1.37. The van der Waals surface area contributed by atoms with Crippen LogP contribution < -0.4 is 10.6 Å². The summed E-state index contributed by atoms with van der Waals surface area (Å²) in [5, 5.41) is 13.2. The van der Waals surface area contributed by atoms with Crippen LogP contribution in [0.3, 0.4) is 0 Å². The van der Waals surface area contributed by atoms with E-state index < -0.39 is 0 Å². The van der Waals surface area contributed by atoms with Crippen molar-refractivity contribution in [2.45, 2.75) is 86.4 Å². The molecule has 28 heavy (non-hydrogen) atoms. The first-order valence-corrected chi connectivity index (χ1v) is 11.4. The molecule has 0 saturated carbocycles. The number of aryl methyl sites for hydroxylation is 2. The molecule has 0 saturated heterocycles. The van der Waals surface area contributed by atoms with E-state index in [1.807, 2.05) is 6.92 Å². The molecule has 2 rings (SSSR count). The molecule has 3 heteroatoms. The molecule has 0 aromatic heterocycles. The summed E-state index contributed by atoms with van der Waals surface area (Å²) >= 11 is 0. The maximum Gasteiger partial charge on any atom is 0.126 e. The number of phenols is 1. The summed E-state index contributed by atoms with van der Waals surface area (Å²) in [7, 11) is 0.455. The molecule has 0 bridgehead atoms. The van der Waals surface area contributed by atoms with Crippen LogP contribution in [0.15, 0.2) is 30.3 Å². The lowest BCUT2D eigenvalue weighted by atomic mass is 9.86. The van der Waals surface area contributed by atoms with Crippen molar-refractivity contribution in [1.29, 1.82) is 0 Å². The van der Waals surface area contributed by atoms with Crippen LogP contribution in [0.25, 0.3) is 0 Å². The Labute approximate surface area is 174 Å². The number of aromatic hydroxyl groups is 1. The van der Waals surface area contributed by atoms with Gasteiger partial charge in [0.15, 0.2) is 0 Å². The van der Waals surface area contributed by atoms with Crippen molar-refractivity contribution in [3.63, 3.8) is 0 Å². The molecule has 2 aromatic rings. The van der Waals surface area contributed by atoms with Crippen LogP contribution in [-0.2, 0) is 12.0 Å². The van der Waals surface area contributed by atoms with E-state index in [2.05, 4.69) is 90.6 Å². The summed E-state index contributed by atoms with van der Waals surface area (Å²) in [6.07, 6.45) is 0. The van der Waals surface area contributed by atoms with Crippen molar-refractivity contribution in [3.05, 3.63) is 52.6 Å². The summed E-state index contributed by atoms with van der Waals surface area (Å²) in [5.41, 5.74) is 5.00. The molecule has 1 atom stereocenters. The molecule has 0 fully saturated rings. The zero-order valence-corrected chi connectivity index (χ0v) is 20.1. The number of hydrogen-bond donors (Lipinski definition) is 1. The van der Waals surface area contributed by atoms with E-state index in [0.717, 1.165) is 17.4 Å². The molecule has 0 aliphatic rings. The van der Waals surface area contributed by atoms with Crippen LogP contribution >= 0.6 is 8.58 Å². The maximum absolute atomic E-state index is 10.8. The Balaban J connectivity index is 2.49. The van der Waals surface area contributed by atoms with Crippen molar-refractivity contribution in [2.24, 2.45) is 0 Å². The summed E-state index contributed by atoms with van der Waals surface area (Å²) < 4.78 is 0. The summed E-state index contributed by atoms with van der Waals surface area (Å²) in [6.45, 7) is 20.9. The monoisotopic (exact) mass is 399 g/mol. The highest BCUT2D eigenvalue weighted by atomic mass is 31.1. The highest BCUT2D eigenvalue weighted by Crippen LogP contribution is 2.31. The molecular formula is C25H38NOP. The van der Waals surface area contributed by atoms with E-state index in [-0.39, 0.29) is 5.41 Å². The highest BCUT2D eigenvalue weighted by molar-refractivity contribution is 7.56. The first-order chi connectivity index (χ1) is 12.9. The highest BCUT2D eigenvalue weighted by Gasteiger charge is 2.20. The molecular weight excluding hydrogens is 361 g/mol. The van der Waals surface area contributed by atoms with Gasteiger partial charge >= 0.3 is 0 Å². The molecule has 0 amide bonds. The second-order valence-electron chi connectivity index (χ2n) is 9.53. The normalized spacial score (nSPS) is 12.9. The van der Waals surface area contributed by atoms with Crippen molar-refractivity contribution < 1.29 is 5.11 Å². The Kier molecular flexibility index (Phi) is 7.34. The van der Waals surface area contributed by atoms with Crippen LogP contribution in [0.2, 0.25) is 0 Å². The smallest absolute Gasteiger partial charge is 0.126 e. The molecule has 1 unspecified atom stereocenters. The Bertz CT molecular complexity index is 810. The predicted molar refractivity (Wildman–Crippen MR) is 126 cm³/mol. The van der Waals surface area contributed by atoms with Crippen LogP contribution in [0.1, 0.15) is 70.7 Å². The first kappa shape index (κ1) is 22.9. The predicted octanol–water partition coefficient (Wildman–Crippen LogP) is 5.55. The minimum Gasteiger partial charge on any atom is -0.507 e. The van der Waals surface area contributed by atoms with Crippen molar-refractivity contribution in [3.8, 4) is 5.75 Å². The molecule has 2 aromatic carbocycles. The third kappa shape index (κ3) is 5.37. The molecule has 0 aliphatic carbocycles. The number of rotatable bonds is 6.